The number of hydrogen-bond acceptors (Lipinski definition) is 4. The van der Waals surface area contributed by atoms with E-state index in [4.69, 9.17) is 4.99 Å². The van der Waals surface area contributed by atoms with Gasteiger partial charge >= 0.3 is 0 Å². The Morgan fingerprint density at radius 1 is 1.40 bits per heavy atom. The number of benzene rings is 1. The summed E-state index contributed by atoms with van der Waals surface area (Å²) in [5.41, 5.74) is 0. The van der Waals surface area contributed by atoms with Crippen molar-refractivity contribution in [2.75, 3.05) is 13.1 Å². The minimum absolute atomic E-state index is 0.337. The fourth-order valence-electron chi connectivity index (χ4n) is 2.86. The molecule has 0 amide bonds. The fraction of sp³-hybridized carbons (Fsp3) is 0.500. The highest BCUT2D eigenvalue weighted by Crippen LogP contribution is 2.22. The van der Waals surface area contributed by atoms with Gasteiger partial charge in [0.15, 0.2) is 5.96 Å². The third-order valence-electron chi connectivity index (χ3n) is 4.08. The van der Waals surface area contributed by atoms with Crippen LogP contribution in [-0.2, 0) is 13.0 Å². The summed E-state index contributed by atoms with van der Waals surface area (Å²) in [4.78, 5) is 10.3. The number of guanidine groups is 1. The molecule has 0 bridgehead atoms. The van der Waals surface area contributed by atoms with Crippen molar-refractivity contribution in [1.29, 1.82) is 0 Å². The van der Waals surface area contributed by atoms with Gasteiger partial charge in [-0.05, 0) is 25.5 Å². The molecule has 7 heteroatoms. The quantitative estimate of drug-likeness (QED) is 0.471. The lowest BCUT2D eigenvalue weighted by Crippen LogP contribution is -2.47. The van der Waals surface area contributed by atoms with Crippen molar-refractivity contribution in [1.82, 2.24) is 25.4 Å². The molecule has 1 aliphatic rings. The van der Waals surface area contributed by atoms with E-state index in [1.807, 2.05) is 22.5 Å². The largest absolute Gasteiger partial charge is 0.357 e. The lowest BCUT2D eigenvalue weighted by molar-refractivity contribution is 0.393. The Kier molecular flexibility index (Phi) is 6.33. The van der Waals surface area contributed by atoms with Gasteiger partial charge in [0.2, 0.25) is 0 Å². The Morgan fingerprint density at radius 2 is 2.24 bits per heavy atom. The average Bonchev–Trinajstić information content (AvgIpc) is 3.08. The molecule has 3 rings (SSSR count). The van der Waals surface area contributed by atoms with Crippen LogP contribution in [0.2, 0.25) is 0 Å². The molecule has 25 heavy (non-hydrogen) atoms. The molecule has 0 radical (unpaired) electrons. The van der Waals surface area contributed by atoms with Gasteiger partial charge in [0, 0.05) is 29.2 Å². The zero-order valence-electron chi connectivity index (χ0n) is 14.9. The van der Waals surface area contributed by atoms with Crippen molar-refractivity contribution in [3.63, 3.8) is 0 Å². The summed E-state index contributed by atoms with van der Waals surface area (Å²) in [6.45, 7) is 6.78. The number of aliphatic imine (C=N–C) groups is 1. The van der Waals surface area contributed by atoms with E-state index >= 15 is 0 Å². The predicted octanol–water partition coefficient (Wildman–Crippen LogP) is 2.33. The SMILES string of the molecule is CCNC(=NCC(C)Sc1ccccc1)NC1CCc2ncnn2C1. The van der Waals surface area contributed by atoms with E-state index in [0.717, 1.165) is 44.3 Å². The Hall–Kier alpha value is -2.02. The van der Waals surface area contributed by atoms with Crippen LogP contribution in [0.15, 0.2) is 46.5 Å². The summed E-state index contributed by atoms with van der Waals surface area (Å²) in [5.74, 6) is 1.96. The first kappa shape index (κ1) is 17.8. The van der Waals surface area contributed by atoms with Gasteiger partial charge in [-0.3, -0.25) is 4.99 Å². The topological polar surface area (TPSA) is 67.1 Å². The number of fused-ring (bicyclic) bond motifs is 1. The number of nitrogens with one attached hydrogen (secondary N) is 2. The molecule has 2 atom stereocenters. The summed E-state index contributed by atoms with van der Waals surface area (Å²) >= 11 is 1.86. The molecular weight excluding hydrogens is 332 g/mol. The van der Waals surface area contributed by atoms with Gasteiger partial charge in [-0.1, -0.05) is 25.1 Å². The van der Waals surface area contributed by atoms with Crippen LogP contribution in [0.4, 0.5) is 0 Å². The molecule has 2 N–H and O–H groups in total. The van der Waals surface area contributed by atoms with E-state index in [-0.39, 0.29) is 0 Å². The molecule has 0 spiro atoms. The van der Waals surface area contributed by atoms with E-state index in [1.54, 1.807) is 6.33 Å². The molecule has 2 unspecified atom stereocenters. The molecule has 6 nitrogen and oxygen atoms in total. The van der Waals surface area contributed by atoms with Gasteiger partial charge in [-0.15, -0.1) is 11.8 Å². The molecule has 0 aliphatic carbocycles. The van der Waals surface area contributed by atoms with Gasteiger partial charge in [0.05, 0.1) is 13.1 Å². The van der Waals surface area contributed by atoms with Gasteiger partial charge in [-0.2, -0.15) is 5.10 Å². The standard InChI is InChI=1S/C18H26N6S/c1-3-19-18(20-11-14(2)25-16-7-5-4-6-8-16)23-15-9-10-17-21-13-22-24(17)12-15/h4-8,13-15H,3,9-12H2,1-2H3,(H2,19,20,23). The zero-order valence-corrected chi connectivity index (χ0v) is 15.7. The highest BCUT2D eigenvalue weighted by molar-refractivity contribution is 8.00. The van der Waals surface area contributed by atoms with Crippen molar-refractivity contribution >= 4 is 17.7 Å². The van der Waals surface area contributed by atoms with Gasteiger partial charge in [0.1, 0.15) is 12.2 Å². The number of rotatable bonds is 6. The second-order valence-electron chi connectivity index (χ2n) is 6.20. The lowest BCUT2D eigenvalue weighted by Gasteiger charge is -2.25. The minimum atomic E-state index is 0.337. The fourth-order valence-corrected chi connectivity index (χ4v) is 3.79. The first-order chi connectivity index (χ1) is 12.2. The molecule has 1 aromatic heterocycles. The first-order valence-electron chi connectivity index (χ1n) is 8.88. The molecule has 2 heterocycles. The number of aryl methyl sites for hydroxylation is 1. The Bertz CT molecular complexity index is 684. The molecule has 1 aliphatic heterocycles. The van der Waals surface area contributed by atoms with Crippen LogP contribution in [0.5, 0.6) is 0 Å². The van der Waals surface area contributed by atoms with Crippen LogP contribution in [0, 0.1) is 0 Å². The zero-order chi connectivity index (χ0) is 17.5. The maximum atomic E-state index is 4.78. The Balaban J connectivity index is 1.54. The maximum absolute atomic E-state index is 4.78. The van der Waals surface area contributed by atoms with Crippen LogP contribution in [0.25, 0.3) is 0 Å². The van der Waals surface area contributed by atoms with E-state index < -0.39 is 0 Å². The number of aromatic nitrogens is 3. The van der Waals surface area contributed by atoms with Crippen molar-refractivity contribution in [3.05, 3.63) is 42.5 Å². The maximum Gasteiger partial charge on any atom is 0.191 e. The van der Waals surface area contributed by atoms with Gasteiger partial charge < -0.3 is 10.6 Å². The van der Waals surface area contributed by atoms with E-state index in [0.29, 0.717) is 11.3 Å². The second kappa shape index (κ2) is 8.89. The van der Waals surface area contributed by atoms with Crippen LogP contribution >= 0.6 is 11.8 Å². The third-order valence-corrected chi connectivity index (χ3v) is 5.17. The first-order valence-corrected chi connectivity index (χ1v) is 9.75. The van der Waals surface area contributed by atoms with E-state index in [1.165, 1.54) is 4.90 Å². The molecule has 134 valence electrons. The summed E-state index contributed by atoms with van der Waals surface area (Å²) in [7, 11) is 0. The smallest absolute Gasteiger partial charge is 0.191 e. The monoisotopic (exact) mass is 358 g/mol. The number of hydrogen-bond donors (Lipinski definition) is 2. The van der Waals surface area contributed by atoms with Crippen molar-refractivity contribution in [2.45, 2.75) is 49.4 Å². The number of nitrogens with zero attached hydrogens (tertiary/aromatic N) is 4. The Labute approximate surface area is 153 Å². The molecule has 0 saturated heterocycles. The van der Waals surface area contributed by atoms with E-state index in [2.05, 4.69) is 58.8 Å². The van der Waals surface area contributed by atoms with Crippen LogP contribution in [0.3, 0.4) is 0 Å². The summed E-state index contributed by atoms with van der Waals surface area (Å²) < 4.78 is 1.98. The van der Waals surface area contributed by atoms with E-state index in [9.17, 15) is 0 Å². The highest BCUT2D eigenvalue weighted by atomic mass is 32.2. The minimum Gasteiger partial charge on any atom is -0.357 e. The Morgan fingerprint density at radius 3 is 3.04 bits per heavy atom. The van der Waals surface area contributed by atoms with Crippen molar-refractivity contribution in [3.8, 4) is 0 Å². The molecule has 0 fully saturated rings. The molecular formula is C18H26N6S. The van der Waals surface area contributed by atoms with Crippen LogP contribution in [0.1, 0.15) is 26.1 Å². The number of thioether (sulfide) groups is 1. The predicted molar refractivity (Wildman–Crippen MR) is 103 cm³/mol. The molecule has 2 aromatic rings. The normalized spacial score (nSPS) is 18.5. The third kappa shape index (κ3) is 5.22. The highest BCUT2D eigenvalue weighted by Gasteiger charge is 2.20. The summed E-state index contributed by atoms with van der Waals surface area (Å²) in [5, 5.41) is 11.6. The van der Waals surface area contributed by atoms with Crippen LogP contribution in [-0.4, -0.2) is 45.1 Å². The van der Waals surface area contributed by atoms with Gasteiger partial charge in [0.25, 0.3) is 0 Å². The molecule has 1 aromatic carbocycles. The van der Waals surface area contributed by atoms with Crippen molar-refractivity contribution in [2.24, 2.45) is 4.99 Å². The summed E-state index contributed by atoms with van der Waals surface area (Å²) in [6.07, 6.45) is 3.65. The van der Waals surface area contributed by atoms with Crippen molar-refractivity contribution < 1.29 is 0 Å². The summed E-state index contributed by atoms with van der Waals surface area (Å²) in [6, 6.07) is 10.8. The lowest BCUT2D eigenvalue weighted by atomic mass is 10.1. The van der Waals surface area contributed by atoms with Gasteiger partial charge in [-0.25, -0.2) is 9.67 Å². The molecule has 0 saturated carbocycles. The van der Waals surface area contributed by atoms with Crippen LogP contribution < -0.4 is 10.6 Å². The second-order valence-corrected chi connectivity index (χ2v) is 7.71. The average molecular weight is 359 g/mol.